The van der Waals surface area contributed by atoms with E-state index in [4.69, 9.17) is 23.8 Å². The van der Waals surface area contributed by atoms with Gasteiger partial charge < -0.3 is 4.74 Å². The molecule has 1 aliphatic heterocycles. The monoisotopic (exact) mass is 334 g/mol. The second kappa shape index (κ2) is 7.17. The number of hydrogen-bond acceptors (Lipinski definition) is 6. The summed E-state index contributed by atoms with van der Waals surface area (Å²) in [5.74, 6) is 0. The van der Waals surface area contributed by atoms with Gasteiger partial charge in [0.15, 0.2) is 0 Å². The van der Waals surface area contributed by atoms with Crippen LogP contribution in [0.4, 0.5) is 0 Å². The number of halogens is 3. The molecular formula is C4H9Cl3N2O5S2. The van der Waals surface area contributed by atoms with Crippen LogP contribution < -0.4 is 4.83 Å². The van der Waals surface area contributed by atoms with Crippen molar-refractivity contribution >= 4 is 49.5 Å². The number of morpholine rings is 1. The molecule has 1 aliphatic rings. The van der Waals surface area contributed by atoms with Crippen LogP contribution in [0.2, 0.25) is 0 Å². The average molecular weight is 336 g/mol. The fraction of sp³-hybridized carbons (Fsp3) is 1.00. The van der Waals surface area contributed by atoms with Crippen LogP contribution in [-0.4, -0.2) is 48.1 Å². The minimum atomic E-state index is -3.72. The van der Waals surface area contributed by atoms with E-state index in [9.17, 15) is 8.42 Å². The summed E-state index contributed by atoms with van der Waals surface area (Å²) in [7, 11) is 6.13. The molecule has 0 aromatic carbocycles. The maximum atomic E-state index is 10.5. The SMILES string of the molecule is O=S(=O)(Cl)Cl.O=S(=O)(Cl)NN1CCOCC1. The minimum absolute atomic E-state index is 0.527. The first-order valence-electron chi connectivity index (χ1n) is 3.77. The van der Waals surface area contributed by atoms with E-state index in [2.05, 4.69) is 26.2 Å². The van der Waals surface area contributed by atoms with Gasteiger partial charge in [-0.05, 0) is 0 Å². The van der Waals surface area contributed by atoms with Crippen molar-refractivity contribution in [2.75, 3.05) is 26.3 Å². The van der Waals surface area contributed by atoms with E-state index < -0.39 is 17.5 Å². The van der Waals surface area contributed by atoms with E-state index in [1.807, 2.05) is 0 Å². The molecule has 1 saturated heterocycles. The van der Waals surface area contributed by atoms with E-state index in [0.29, 0.717) is 26.3 Å². The molecule has 16 heavy (non-hydrogen) atoms. The Labute approximate surface area is 107 Å². The maximum absolute atomic E-state index is 10.5. The molecule has 1 rings (SSSR count). The van der Waals surface area contributed by atoms with E-state index in [-0.39, 0.29) is 0 Å². The Balaban J connectivity index is 0.000000385. The number of nitrogens with one attached hydrogen (secondary N) is 1. The van der Waals surface area contributed by atoms with Crippen molar-refractivity contribution in [3.8, 4) is 0 Å². The van der Waals surface area contributed by atoms with Crippen LogP contribution in [0, 0.1) is 0 Å². The molecular weight excluding hydrogens is 327 g/mol. The van der Waals surface area contributed by atoms with E-state index in [1.54, 1.807) is 0 Å². The number of nitrogens with zero attached hydrogens (tertiary/aromatic N) is 1. The van der Waals surface area contributed by atoms with E-state index in [1.165, 1.54) is 5.01 Å². The molecule has 0 aromatic rings. The lowest BCUT2D eigenvalue weighted by Crippen LogP contribution is -2.46. The summed E-state index contributed by atoms with van der Waals surface area (Å²) in [5, 5.41) is 1.51. The highest BCUT2D eigenvalue weighted by Crippen LogP contribution is 1.98. The highest BCUT2D eigenvalue weighted by atomic mass is 36.0. The topological polar surface area (TPSA) is 92.8 Å². The van der Waals surface area contributed by atoms with Gasteiger partial charge in [0, 0.05) is 45.1 Å². The Bertz CT molecular complexity index is 382. The molecule has 0 aromatic heterocycles. The highest BCUT2D eigenvalue weighted by molar-refractivity contribution is 8.31. The highest BCUT2D eigenvalue weighted by Gasteiger charge is 2.14. The third kappa shape index (κ3) is 14.6. The molecule has 0 radical (unpaired) electrons. The molecule has 0 saturated carbocycles. The summed E-state index contributed by atoms with van der Waals surface area (Å²) in [6.45, 7) is 2.12. The van der Waals surface area contributed by atoms with Gasteiger partial charge in [0.2, 0.25) is 0 Å². The zero-order valence-corrected chi connectivity index (χ0v) is 11.7. The number of ether oxygens (including phenoxy) is 1. The number of rotatable bonds is 2. The van der Waals surface area contributed by atoms with Gasteiger partial charge in [0.1, 0.15) is 0 Å². The quantitative estimate of drug-likeness (QED) is 0.715. The zero-order chi connectivity index (χ0) is 12.8. The predicted molar refractivity (Wildman–Crippen MR) is 60.9 cm³/mol. The van der Waals surface area contributed by atoms with Gasteiger partial charge in [-0.2, -0.15) is 16.8 Å². The van der Waals surface area contributed by atoms with Gasteiger partial charge in [-0.25, -0.2) is 5.01 Å². The van der Waals surface area contributed by atoms with Crippen LogP contribution in [-0.2, 0) is 22.2 Å². The summed E-state index contributed by atoms with van der Waals surface area (Å²) >= 11 is 0. The second-order valence-corrected chi connectivity index (χ2v) is 8.45. The van der Waals surface area contributed by atoms with E-state index in [0.717, 1.165) is 0 Å². The molecule has 1 fully saturated rings. The van der Waals surface area contributed by atoms with Crippen LogP contribution >= 0.6 is 32.0 Å². The van der Waals surface area contributed by atoms with Gasteiger partial charge in [-0.3, -0.25) is 0 Å². The first kappa shape index (κ1) is 16.6. The Hall–Kier alpha value is 0.650. The lowest BCUT2D eigenvalue weighted by atomic mass is 10.5. The first-order chi connectivity index (χ1) is 7.08. The molecule has 0 unspecified atom stereocenters. The molecule has 0 amide bonds. The summed E-state index contributed by atoms with van der Waals surface area (Å²) in [6.07, 6.45) is 0. The average Bonchev–Trinajstić information content (AvgIpc) is 1.99. The molecule has 7 nitrogen and oxygen atoms in total. The maximum Gasteiger partial charge on any atom is 0.317 e. The number of hydrazine groups is 1. The molecule has 0 bridgehead atoms. The van der Waals surface area contributed by atoms with Crippen molar-refractivity contribution in [3.63, 3.8) is 0 Å². The van der Waals surface area contributed by atoms with Gasteiger partial charge in [-0.1, -0.05) is 0 Å². The zero-order valence-electron chi connectivity index (χ0n) is 7.77. The van der Waals surface area contributed by atoms with Crippen LogP contribution in [0.15, 0.2) is 0 Å². The molecule has 12 heteroatoms. The third-order valence-electron chi connectivity index (χ3n) is 1.25. The summed E-state index contributed by atoms with van der Waals surface area (Å²) in [4.78, 5) is 2.15. The minimum Gasteiger partial charge on any atom is -0.379 e. The summed E-state index contributed by atoms with van der Waals surface area (Å²) in [6, 6.07) is 0. The van der Waals surface area contributed by atoms with Gasteiger partial charge in [0.25, 0.3) is 0 Å². The standard InChI is InChI=1S/C4H9ClN2O3S.Cl2O2S/c5-11(8,9)6-7-1-3-10-4-2-7;1-5(2,3)4/h6H,1-4H2;. The molecule has 0 spiro atoms. The van der Waals surface area contributed by atoms with Gasteiger partial charge >= 0.3 is 17.5 Å². The normalized spacial score (nSPS) is 18.7. The molecule has 1 heterocycles. The van der Waals surface area contributed by atoms with Crippen molar-refractivity contribution < 1.29 is 21.6 Å². The Morgan fingerprint density at radius 1 is 1.00 bits per heavy atom. The van der Waals surface area contributed by atoms with Crippen molar-refractivity contribution in [1.29, 1.82) is 0 Å². The second-order valence-electron chi connectivity index (χ2n) is 2.51. The first-order valence-corrected chi connectivity index (χ1v) is 9.21. The lowest BCUT2D eigenvalue weighted by molar-refractivity contribution is 0.0276. The van der Waals surface area contributed by atoms with Gasteiger partial charge in [0.05, 0.1) is 13.2 Å². The Morgan fingerprint density at radius 2 is 1.38 bits per heavy atom. The van der Waals surface area contributed by atoms with Crippen LogP contribution in [0.1, 0.15) is 0 Å². The Morgan fingerprint density at radius 3 is 1.69 bits per heavy atom. The third-order valence-corrected chi connectivity index (χ3v) is 1.93. The fourth-order valence-electron chi connectivity index (χ4n) is 0.809. The van der Waals surface area contributed by atoms with E-state index >= 15 is 0 Å². The van der Waals surface area contributed by atoms with Gasteiger partial charge in [-0.15, -0.1) is 4.83 Å². The Kier molecular flexibility index (Phi) is 7.46. The molecule has 1 N–H and O–H groups in total. The predicted octanol–water partition coefficient (Wildman–Crippen LogP) is 0.0156. The summed E-state index contributed by atoms with van der Waals surface area (Å²) < 4.78 is 44.3. The van der Waals surface area contributed by atoms with Crippen molar-refractivity contribution in [2.45, 2.75) is 0 Å². The van der Waals surface area contributed by atoms with Crippen molar-refractivity contribution in [1.82, 2.24) is 9.84 Å². The number of hydrogen-bond donors (Lipinski definition) is 1. The van der Waals surface area contributed by atoms with Crippen LogP contribution in [0.25, 0.3) is 0 Å². The summed E-state index contributed by atoms with van der Waals surface area (Å²) in [5.41, 5.74) is 0. The molecule has 0 atom stereocenters. The largest absolute Gasteiger partial charge is 0.379 e. The fourth-order valence-corrected chi connectivity index (χ4v) is 1.59. The van der Waals surface area contributed by atoms with Crippen molar-refractivity contribution in [3.05, 3.63) is 0 Å². The molecule has 0 aliphatic carbocycles. The van der Waals surface area contributed by atoms with Crippen molar-refractivity contribution in [2.24, 2.45) is 0 Å². The lowest BCUT2D eigenvalue weighted by Gasteiger charge is -2.25. The van der Waals surface area contributed by atoms with Crippen LogP contribution in [0.5, 0.6) is 0 Å². The molecule has 98 valence electrons. The smallest absolute Gasteiger partial charge is 0.317 e. The van der Waals surface area contributed by atoms with Crippen LogP contribution in [0.3, 0.4) is 0 Å².